The fraction of sp³-hybridized carbons (Fsp3) is 0.632. The van der Waals surface area contributed by atoms with Gasteiger partial charge in [0, 0.05) is 38.2 Å². The standard InChI is InChI=1S/C19H31N3O2/c1-15(2)22(3)12-11-20-19(23)21-14-17-10-7-13-24-18(17)16-8-5-4-6-9-16/h4-6,8-9,15,17-18H,7,10-14H2,1-3H3,(H2,20,21,23)/t17-,18-/m0/s1. The summed E-state index contributed by atoms with van der Waals surface area (Å²) in [5, 5.41) is 5.94. The average Bonchev–Trinajstić information content (AvgIpc) is 2.60. The molecule has 1 heterocycles. The number of ether oxygens (including phenoxy) is 1. The van der Waals surface area contributed by atoms with Gasteiger partial charge in [-0.2, -0.15) is 0 Å². The molecule has 1 saturated heterocycles. The van der Waals surface area contributed by atoms with Crippen LogP contribution >= 0.6 is 0 Å². The Morgan fingerprint density at radius 2 is 2.04 bits per heavy atom. The van der Waals surface area contributed by atoms with Gasteiger partial charge in [-0.05, 0) is 39.3 Å². The van der Waals surface area contributed by atoms with E-state index >= 15 is 0 Å². The van der Waals surface area contributed by atoms with Gasteiger partial charge in [-0.1, -0.05) is 30.3 Å². The Kier molecular flexibility index (Phi) is 7.53. The number of hydrogen-bond acceptors (Lipinski definition) is 3. The normalized spacial score (nSPS) is 21.0. The van der Waals surface area contributed by atoms with E-state index in [1.807, 2.05) is 18.2 Å². The Morgan fingerprint density at radius 3 is 2.75 bits per heavy atom. The van der Waals surface area contributed by atoms with Crippen LogP contribution in [0.1, 0.15) is 38.4 Å². The van der Waals surface area contributed by atoms with Gasteiger partial charge < -0.3 is 20.3 Å². The third-order valence-corrected chi connectivity index (χ3v) is 4.73. The Balaban J connectivity index is 1.76. The number of benzene rings is 1. The quantitative estimate of drug-likeness (QED) is 0.807. The smallest absolute Gasteiger partial charge is 0.314 e. The van der Waals surface area contributed by atoms with E-state index in [-0.39, 0.29) is 12.1 Å². The van der Waals surface area contributed by atoms with Gasteiger partial charge in [-0.3, -0.25) is 0 Å². The summed E-state index contributed by atoms with van der Waals surface area (Å²) in [5.41, 5.74) is 1.20. The van der Waals surface area contributed by atoms with E-state index in [4.69, 9.17) is 4.74 Å². The lowest BCUT2D eigenvalue weighted by atomic mass is 9.89. The van der Waals surface area contributed by atoms with E-state index < -0.39 is 0 Å². The van der Waals surface area contributed by atoms with Gasteiger partial charge in [-0.15, -0.1) is 0 Å². The molecule has 0 unspecified atom stereocenters. The molecule has 0 bridgehead atoms. The number of carbonyl (C=O) groups excluding carboxylic acids is 1. The second-order valence-corrected chi connectivity index (χ2v) is 6.82. The minimum absolute atomic E-state index is 0.0762. The highest BCUT2D eigenvalue weighted by Gasteiger charge is 2.27. The van der Waals surface area contributed by atoms with Crippen LogP contribution in [0.15, 0.2) is 30.3 Å². The summed E-state index contributed by atoms with van der Waals surface area (Å²) in [6.45, 7) is 7.24. The molecule has 2 amide bonds. The molecule has 1 aliphatic rings. The first-order chi connectivity index (χ1) is 11.6. The first-order valence-corrected chi connectivity index (χ1v) is 8.96. The van der Waals surface area contributed by atoms with Crippen LogP contribution in [-0.2, 0) is 4.74 Å². The highest BCUT2D eigenvalue weighted by molar-refractivity contribution is 5.73. The second-order valence-electron chi connectivity index (χ2n) is 6.82. The first-order valence-electron chi connectivity index (χ1n) is 8.96. The highest BCUT2D eigenvalue weighted by atomic mass is 16.5. The van der Waals surface area contributed by atoms with Crippen LogP contribution in [0, 0.1) is 5.92 Å². The van der Waals surface area contributed by atoms with Gasteiger partial charge in [0.1, 0.15) is 0 Å². The van der Waals surface area contributed by atoms with Gasteiger partial charge >= 0.3 is 6.03 Å². The van der Waals surface area contributed by atoms with Crippen LogP contribution in [0.25, 0.3) is 0 Å². The molecule has 1 aliphatic heterocycles. The van der Waals surface area contributed by atoms with Crippen molar-refractivity contribution in [1.29, 1.82) is 0 Å². The topological polar surface area (TPSA) is 53.6 Å². The zero-order chi connectivity index (χ0) is 17.4. The van der Waals surface area contributed by atoms with Crippen molar-refractivity contribution in [2.24, 2.45) is 5.92 Å². The monoisotopic (exact) mass is 333 g/mol. The molecule has 0 spiro atoms. The van der Waals surface area contributed by atoms with E-state index in [1.54, 1.807) is 0 Å². The lowest BCUT2D eigenvalue weighted by Gasteiger charge is -2.32. The summed E-state index contributed by atoms with van der Waals surface area (Å²) in [5.74, 6) is 0.324. The van der Waals surface area contributed by atoms with Crippen molar-refractivity contribution in [1.82, 2.24) is 15.5 Å². The summed E-state index contributed by atoms with van der Waals surface area (Å²) in [6, 6.07) is 10.7. The molecule has 0 saturated carbocycles. The molecule has 0 radical (unpaired) electrons. The molecular formula is C19H31N3O2. The first kappa shape index (κ1) is 18.7. The molecule has 2 N–H and O–H groups in total. The van der Waals surface area contributed by atoms with Crippen molar-refractivity contribution in [2.75, 3.05) is 33.3 Å². The third kappa shape index (κ3) is 5.80. The Morgan fingerprint density at radius 1 is 1.29 bits per heavy atom. The molecule has 1 fully saturated rings. The van der Waals surface area contributed by atoms with Crippen LogP contribution in [-0.4, -0.2) is 50.3 Å². The molecule has 0 aliphatic carbocycles. The summed E-state index contributed by atoms with van der Waals surface area (Å²) in [4.78, 5) is 14.2. The molecule has 1 aromatic rings. The van der Waals surface area contributed by atoms with Crippen LogP contribution in [0.2, 0.25) is 0 Å². The summed E-state index contributed by atoms with van der Waals surface area (Å²) >= 11 is 0. The van der Waals surface area contributed by atoms with Gasteiger partial charge in [0.25, 0.3) is 0 Å². The van der Waals surface area contributed by atoms with Gasteiger partial charge in [0.05, 0.1) is 6.10 Å². The maximum absolute atomic E-state index is 12.0. The maximum Gasteiger partial charge on any atom is 0.314 e. The number of rotatable bonds is 7. The number of nitrogens with zero attached hydrogens (tertiary/aromatic N) is 1. The van der Waals surface area contributed by atoms with E-state index in [2.05, 4.69) is 48.6 Å². The molecular weight excluding hydrogens is 302 g/mol. The predicted octanol–water partition coefficient (Wildman–Crippen LogP) is 2.79. The molecule has 5 heteroatoms. The van der Waals surface area contributed by atoms with E-state index in [0.717, 1.165) is 26.0 Å². The van der Waals surface area contributed by atoms with Crippen LogP contribution in [0.3, 0.4) is 0 Å². The van der Waals surface area contributed by atoms with E-state index in [9.17, 15) is 4.79 Å². The van der Waals surface area contributed by atoms with Crippen LogP contribution < -0.4 is 10.6 Å². The Labute approximate surface area is 145 Å². The Bertz CT molecular complexity index is 493. The average molecular weight is 333 g/mol. The maximum atomic E-state index is 12.0. The molecule has 24 heavy (non-hydrogen) atoms. The minimum atomic E-state index is -0.0930. The fourth-order valence-electron chi connectivity index (χ4n) is 2.95. The second kappa shape index (κ2) is 9.64. The molecule has 0 aromatic heterocycles. The third-order valence-electron chi connectivity index (χ3n) is 4.73. The number of amides is 2. The minimum Gasteiger partial charge on any atom is -0.373 e. The van der Waals surface area contributed by atoms with Gasteiger partial charge in [0.2, 0.25) is 0 Å². The summed E-state index contributed by atoms with van der Waals surface area (Å²) < 4.78 is 5.97. The van der Waals surface area contributed by atoms with Crippen molar-refractivity contribution in [3.05, 3.63) is 35.9 Å². The van der Waals surface area contributed by atoms with Gasteiger partial charge in [-0.25, -0.2) is 4.79 Å². The molecule has 134 valence electrons. The molecule has 5 nitrogen and oxygen atoms in total. The van der Waals surface area contributed by atoms with Crippen LogP contribution in [0.4, 0.5) is 4.79 Å². The number of hydrogen-bond donors (Lipinski definition) is 2. The zero-order valence-electron chi connectivity index (χ0n) is 15.1. The van der Waals surface area contributed by atoms with E-state index in [0.29, 0.717) is 25.0 Å². The fourth-order valence-corrected chi connectivity index (χ4v) is 2.95. The summed E-state index contributed by atoms with van der Waals surface area (Å²) in [7, 11) is 2.06. The lowest BCUT2D eigenvalue weighted by Crippen LogP contribution is -2.43. The highest BCUT2D eigenvalue weighted by Crippen LogP contribution is 2.32. The predicted molar refractivity (Wildman–Crippen MR) is 97.0 cm³/mol. The SMILES string of the molecule is CC(C)N(C)CCNC(=O)NC[C@@H]1CCCO[C@H]1c1ccccc1. The molecule has 1 aromatic carbocycles. The number of carbonyl (C=O) groups is 1. The lowest BCUT2D eigenvalue weighted by molar-refractivity contribution is -0.0269. The van der Waals surface area contributed by atoms with Crippen molar-refractivity contribution in [2.45, 2.75) is 38.8 Å². The Hall–Kier alpha value is -1.59. The van der Waals surface area contributed by atoms with Crippen molar-refractivity contribution >= 4 is 6.03 Å². The molecule has 2 atom stereocenters. The largest absolute Gasteiger partial charge is 0.373 e. The summed E-state index contributed by atoms with van der Waals surface area (Å²) in [6.07, 6.45) is 2.21. The number of urea groups is 1. The number of likely N-dealkylation sites (N-methyl/N-ethyl adjacent to an activating group) is 1. The van der Waals surface area contributed by atoms with Gasteiger partial charge in [0.15, 0.2) is 0 Å². The van der Waals surface area contributed by atoms with Crippen molar-refractivity contribution in [3.63, 3.8) is 0 Å². The zero-order valence-corrected chi connectivity index (χ0v) is 15.1. The van der Waals surface area contributed by atoms with E-state index in [1.165, 1.54) is 5.56 Å². The number of nitrogens with one attached hydrogen (secondary N) is 2. The van der Waals surface area contributed by atoms with Crippen molar-refractivity contribution < 1.29 is 9.53 Å². The van der Waals surface area contributed by atoms with Crippen LogP contribution in [0.5, 0.6) is 0 Å². The van der Waals surface area contributed by atoms with Crippen molar-refractivity contribution in [3.8, 4) is 0 Å². The molecule has 2 rings (SSSR count).